The smallest absolute Gasteiger partial charge is 0.233 e. The van der Waals surface area contributed by atoms with E-state index in [1.54, 1.807) is 7.11 Å². The second-order valence-electron chi connectivity index (χ2n) is 6.73. The van der Waals surface area contributed by atoms with Crippen LogP contribution in [0.2, 0.25) is 0 Å². The molecule has 4 rings (SSSR count). The van der Waals surface area contributed by atoms with E-state index in [2.05, 4.69) is 37.4 Å². The van der Waals surface area contributed by atoms with Gasteiger partial charge in [0.15, 0.2) is 0 Å². The molecule has 2 aromatic carbocycles. The number of nitrogens with one attached hydrogen (secondary N) is 2. The minimum atomic E-state index is 0. The fraction of sp³-hybridized carbons (Fsp3) is 0.286. The lowest BCUT2D eigenvalue weighted by Crippen LogP contribution is -2.37. The largest absolute Gasteiger partial charge is 0.497 e. The van der Waals surface area contributed by atoms with Crippen molar-refractivity contribution in [3.8, 4) is 5.75 Å². The molecule has 0 radical (unpaired) electrons. The van der Waals surface area contributed by atoms with Crippen molar-refractivity contribution in [2.75, 3.05) is 48.9 Å². The molecule has 8 nitrogen and oxygen atoms in total. The Kier molecular flexibility index (Phi) is 7.26. The molecule has 1 saturated heterocycles. The third-order valence-electron chi connectivity index (χ3n) is 4.55. The maximum Gasteiger partial charge on any atom is 0.233 e. The van der Waals surface area contributed by atoms with Crippen LogP contribution in [0.4, 0.5) is 29.2 Å². The molecule has 30 heavy (non-hydrogen) atoms. The lowest BCUT2D eigenvalue weighted by atomic mass is 10.2. The lowest BCUT2D eigenvalue weighted by Gasteiger charge is -2.27. The number of morpholine rings is 1. The Morgan fingerprint density at radius 2 is 1.57 bits per heavy atom. The number of ether oxygens (including phenoxy) is 2. The number of aromatic nitrogens is 3. The molecule has 0 bridgehead atoms. The van der Waals surface area contributed by atoms with Crippen LogP contribution in [0.1, 0.15) is 5.56 Å². The molecular formula is C21H25ClN6O2. The first kappa shape index (κ1) is 21.6. The molecule has 1 aliphatic heterocycles. The van der Waals surface area contributed by atoms with Gasteiger partial charge in [-0.25, -0.2) is 0 Å². The van der Waals surface area contributed by atoms with Crippen LogP contribution in [-0.4, -0.2) is 48.4 Å². The van der Waals surface area contributed by atoms with Gasteiger partial charge in [-0.2, -0.15) is 15.0 Å². The summed E-state index contributed by atoms with van der Waals surface area (Å²) < 4.78 is 10.7. The van der Waals surface area contributed by atoms with Gasteiger partial charge in [0, 0.05) is 30.5 Å². The van der Waals surface area contributed by atoms with E-state index in [0.717, 1.165) is 30.2 Å². The van der Waals surface area contributed by atoms with E-state index < -0.39 is 0 Å². The quantitative estimate of drug-likeness (QED) is 0.610. The molecule has 0 saturated carbocycles. The monoisotopic (exact) mass is 428 g/mol. The molecule has 158 valence electrons. The van der Waals surface area contributed by atoms with Gasteiger partial charge in [0.2, 0.25) is 17.8 Å². The summed E-state index contributed by atoms with van der Waals surface area (Å²) in [5.41, 5.74) is 2.95. The van der Waals surface area contributed by atoms with Crippen LogP contribution < -0.4 is 20.3 Å². The highest BCUT2D eigenvalue weighted by Gasteiger charge is 2.17. The highest BCUT2D eigenvalue weighted by molar-refractivity contribution is 5.85. The second-order valence-corrected chi connectivity index (χ2v) is 6.73. The predicted molar refractivity (Wildman–Crippen MR) is 121 cm³/mol. The van der Waals surface area contributed by atoms with Crippen LogP contribution in [0.15, 0.2) is 48.5 Å². The molecule has 2 heterocycles. The second kappa shape index (κ2) is 10.1. The van der Waals surface area contributed by atoms with Crippen molar-refractivity contribution in [1.29, 1.82) is 0 Å². The van der Waals surface area contributed by atoms with Gasteiger partial charge in [-0.05, 0) is 31.2 Å². The summed E-state index contributed by atoms with van der Waals surface area (Å²) in [4.78, 5) is 15.9. The van der Waals surface area contributed by atoms with Gasteiger partial charge in [0.1, 0.15) is 5.75 Å². The molecular weight excluding hydrogens is 404 g/mol. The van der Waals surface area contributed by atoms with E-state index in [4.69, 9.17) is 9.47 Å². The minimum Gasteiger partial charge on any atom is -0.497 e. The summed E-state index contributed by atoms with van der Waals surface area (Å²) in [6.45, 7) is 4.86. The van der Waals surface area contributed by atoms with Gasteiger partial charge in [-0.1, -0.05) is 23.8 Å². The maximum atomic E-state index is 5.45. The summed E-state index contributed by atoms with van der Waals surface area (Å²) in [7, 11) is 1.64. The maximum absolute atomic E-state index is 5.45. The molecule has 0 aliphatic carbocycles. The standard InChI is InChI=1S/C21H24N6O2.ClH/c1-15-6-8-16(9-7-15)22-19-24-20(23-17-4-3-5-18(14-17)28-2)26-21(25-19)27-10-12-29-13-11-27;/h3-9,14H,10-13H2,1-2H3,(H2,22,23,24,25,26);1H. The van der Waals surface area contributed by atoms with E-state index in [1.807, 2.05) is 48.5 Å². The fourth-order valence-electron chi connectivity index (χ4n) is 2.98. The van der Waals surface area contributed by atoms with Crippen LogP contribution in [0.3, 0.4) is 0 Å². The number of nitrogens with zero attached hydrogens (tertiary/aromatic N) is 4. The summed E-state index contributed by atoms with van der Waals surface area (Å²) in [5.74, 6) is 2.32. The topological polar surface area (TPSA) is 84.4 Å². The average molecular weight is 429 g/mol. The van der Waals surface area contributed by atoms with Crippen molar-refractivity contribution in [1.82, 2.24) is 15.0 Å². The summed E-state index contributed by atoms with van der Waals surface area (Å²) >= 11 is 0. The Morgan fingerprint density at radius 3 is 2.23 bits per heavy atom. The van der Waals surface area contributed by atoms with Crippen molar-refractivity contribution in [2.45, 2.75) is 6.92 Å². The first-order chi connectivity index (χ1) is 14.2. The third-order valence-corrected chi connectivity index (χ3v) is 4.55. The van der Waals surface area contributed by atoms with E-state index in [0.29, 0.717) is 31.1 Å². The van der Waals surface area contributed by atoms with E-state index in [9.17, 15) is 0 Å². The van der Waals surface area contributed by atoms with Crippen LogP contribution in [0, 0.1) is 6.92 Å². The van der Waals surface area contributed by atoms with E-state index in [1.165, 1.54) is 5.56 Å². The van der Waals surface area contributed by atoms with Gasteiger partial charge in [0.05, 0.1) is 20.3 Å². The van der Waals surface area contributed by atoms with Crippen LogP contribution in [0.25, 0.3) is 0 Å². The zero-order chi connectivity index (χ0) is 20.1. The summed E-state index contributed by atoms with van der Waals surface area (Å²) in [5, 5.41) is 6.53. The van der Waals surface area contributed by atoms with Crippen molar-refractivity contribution in [2.24, 2.45) is 0 Å². The highest BCUT2D eigenvalue weighted by atomic mass is 35.5. The Labute approximate surface area is 182 Å². The molecule has 1 aromatic heterocycles. The van der Waals surface area contributed by atoms with Gasteiger partial charge in [-0.3, -0.25) is 0 Å². The number of aryl methyl sites for hydroxylation is 1. The Hall–Kier alpha value is -3.10. The number of methoxy groups -OCH3 is 1. The number of benzene rings is 2. The van der Waals surface area contributed by atoms with Crippen molar-refractivity contribution in [3.63, 3.8) is 0 Å². The first-order valence-corrected chi connectivity index (χ1v) is 9.53. The first-order valence-electron chi connectivity index (χ1n) is 9.53. The molecule has 9 heteroatoms. The molecule has 0 unspecified atom stereocenters. The number of hydrogen-bond acceptors (Lipinski definition) is 8. The molecule has 1 aliphatic rings. The lowest BCUT2D eigenvalue weighted by molar-refractivity contribution is 0.122. The molecule has 2 N–H and O–H groups in total. The zero-order valence-corrected chi connectivity index (χ0v) is 17.8. The summed E-state index contributed by atoms with van der Waals surface area (Å²) in [6.07, 6.45) is 0. The van der Waals surface area contributed by atoms with Crippen LogP contribution >= 0.6 is 12.4 Å². The number of anilines is 5. The van der Waals surface area contributed by atoms with E-state index in [-0.39, 0.29) is 12.4 Å². The Balaban J connectivity index is 0.00000256. The van der Waals surface area contributed by atoms with Crippen LogP contribution in [-0.2, 0) is 4.74 Å². The average Bonchev–Trinajstić information content (AvgIpc) is 2.76. The normalized spacial score (nSPS) is 13.3. The zero-order valence-electron chi connectivity index (χ0n) is 17.0. The molecule has 0 atom stereocenters. The molecule has 0 spiro atoms. The van der Waals surface area contributed by atoms with Gasteiger partial charge in [0.25, 0.3) is 0 Å². The van der Waals surface area contributed by atoms with Gasteiger partial charge in [-0.15, -0.1) is 12.4 Å². The number of hydrogen-bond donors (Lipinski definition) is 2. The fourth-order valence-corrected chi connectivity index (χ4v) is 2.98. The SMILES string of the molecule is COc1cccc(Nc2nc(Nc3ccc(C)cc3)nc(N3CCOCC3)n2)c1.Cl. The highest BCUT2D eigenvalue weighted by Crippen LogP contribution is 2.23. The molecule has 0 amide bonds. The van der Waals surface area contributed by atoms with Crippen LogP contribution in [0.5, 0.6) is 5.75 Å². The van der Waals surface area contributed by atoms with Gasteiger partial charge >= 0.3 is 0 Å². The predicted octanol–water partition coefficient (Wildman–Crippen LogP) is 3.93. The summed E-state index contributed by atoms with van der Waals surface area (Å²) in [6, 6.07) is 15.7. The van der Waals surface area contributed by atoms with Gasteiger partial charge < -0.3 is 25.0 Å². The molecule has 1 fully saturated rings. The molecule has 3 aromatic rings. The number of rotatable bonds is 6. The van der Waals surface area contributed by atoms with E-state index >= 15 is 0 Å². The minimum absolute atomic E-state index is 0. The van der Waals surface area contributed by atoms with Crippen molar-refractivity contribution >= 4 is 41.6 Å². The Morgan fingerprint density at radius 1 is 0.900 bits per heavy atom. The third kappa shape index (κ3) is 5.49. The Bertz CT molecular complexity index is 964. The number of halogens is 1. The van der Waals surface area contributed by atoms with Crippen molar-refractivity contribution < 1.29 is 9.47 Å². The van der Waals surface area contributed by atoms with Crippen molar-refractivity contribution in [3.05, 3.63) is 54.1 Å².